The third kappa shape index (κ3) is 1.88. The number of aliphatic hydroxyl groups is 4. The van der Waals surface area contributed by atoms with Gasteiger partial charge in [-0.2, -0.15) is 0 Å². The fourth-order valence-electron chi connectivity index (χ4n) is 0.237. The van der Waals surface area contributed by atoms with Gasteiger partial charge in [-0.1, -0.05) is 6.92 Å². The van der Waals surface area contributed by atoms with Gasteiger partial charge < -0.3 is 20.4 Å². The first-order valence-corrected chi connectivity index (χ1v) is 2.49. The third-order valence-electron chi connectivity index (χ3n) is 1.12. The molecule has 0 rings (SSSR count). The highest BCUT2D eigenvalue weighted by Gasteiger charge is 2.42. The van der Waals surface area contributed by atoms with E-state index < -0.39 is 11.7 Å². The van der Waals surface area contributed by atoms with Crippen molar-refractivity contribution in [3.05, 3.63) is 0 Å². The second-order valence-corrected chi connectivity index (χ2v) is 1.91. The molecule has 0 heterocycles. The quantitative estimate of drug-likeness (QED) is 0.274. The van der Waals surface area contributed by atoms with E-state index in [2.05, 4.69) is 0 Å². The van der Waals surface area contributed by atoms with Crippen molar-refractivity contribution in [2.24, 2.45) is 5.73 Å². The van der Waals surface area contributed by atoms with E-state index in [1.54, 1.807) is 0 Å². The predicted octanol–water partition coefficient (Wildman–Crippen LogP) is -2.33. The summed E-state index contributed by atoms with van der Waals surface area (Å²) < 4.78 is 0. The summed E-state index contributed by atoms with van der Waals surface area (Å²) in [5.41, 5.74) is 2.44. The van der Waals surface area contributed by atoms with Crippen LogP contribution in [0.25, 0.3) is 0 Å². The van der Waals surface area contributed by atoms with E-state index >= 15 is 0 Å². The van der Waals surface area contributed by atoms with Crippen LogP contribution in [0.2, 0.25) is 0 Å². The monoisotopic (exact) mass is 137 g/mol. The molecule has 0 bridgehead atoms. The lowest BCUT2D eigenvalue weighted by Crippen LogP contribution is -2.60. The zero-order valence-electron chi connectivity index (χ0n) is 5.07. The number of hydrogen-bond donors (Lipinski definition) is 5. The second-order valence-electron chi connectivity index (χ2n) is 1.91. The van der Waals surface area contributed by atoms with Gasteiger partial charge in [0.05, 0.1) is 0 Å². The van der Waals surface area contributed by atoms with Crippen LogP contribution in [-0.4, -0.2) is 32.1 Å². The summed E-state index contributed by atoms with van der Waals surface area (Å²) >= 11 is 0. The summed E-state index contributed by atoms with van der Waals surface area (Å²) in [6, 6.07) is 0. The molecule has 0 aromatic carbocycles. The van der Waals surface area contributed by atoms with Crippen LogP contribution in [0.1, 0.15) is 13.3 Å². The molecule has 0 aromatic heterocycles. The zero-order chi connectivity index (χ0) is 7.71. The minimum Gasteiger partial charge on any atom is -0.369 e. The SMILES string of the molecule is CCC(N)(O)C(O)(O)O. The van der Waals surface area contributed by atoms with Crippen molar-refractivity contribution in [3.63, 3.8) is 0 Å². The molecule has 5 heteroatoms. The summed E-state index contributed by atoms with van der Waals surface area (Å²) in [7, 11) is 0. The average Bonchev–Trinajstić information content (AvgIpc) is 1.64. The number of hydrogen-bond acceptors (Lipinski definition) is 5. The Balaban J connectivity index is 4.14. The molecular formula is C4H11NO4. The molecule has 0 aliphatic carbocycles. The van der Waals surface area contributed by atoms with E-state index in [-0.39, 0.29) is 6.42 Å². The Bertz CT molecular complexity index is 95.2. The second kappa shape index (κ2) is 2.20. The molecule has 1 atom stereocenters. The van der Waals surface area contributed by atoms with Crippen LogP contribution in [0.15, 0.2) is 0 Å². The standard InChI is InChI=1S/C4H11NO4/c1-2-3(5,6)4(7,8)9/h6-9H,2,5H2,1H3. The van der Waals surface area contributed by atoms with Crippen LogP contribution in [0.4, 0.5) is 0 Å². The van der Waals surface area contributed by atoms with Gasteiger partial charge in [-0.05, 0) is 6.42 Å². The molecule has 56 valence electrons. The molecular weight excluding hydrogens is 126 g/mol. The molecule has 0 spiro atoms. The lowest BCUT2D eigenvalue weighted by Gasteiger charge is -2.29. The van der Waals surface area contributed by atoms with Crippen molar-refractivity contribution in [3.8, 4) is 0 Å². The molecule has 0 aromatic rings. The van der Waals surface area contributed by atoms with Gasteiger partial charge in [0.1, 0.15) is 0 Å². The fraction of sp³-hybridized carbons (Fsp3) is 1.00. The van der Waals surface area contributed by atoms with Crippen LogP contribution in [0.5, 0.6) is 0 Å². The molecule has 0 saturated heterocycles. The van der Waals surface area contributed by atoms with Gasteiger partial charge in [0, 0.05) is 0 Å². The normalized spacial score (nSPS) is 19.3. The maximum absolute atomic E-state index is 8.69. The summed E-state index contributed by atoms with van der Waals surface area (Å²) in [4.78, 5) is 0. The van der Waals surface area contributed by atoms with Gasteiger partial charge in [0.25, 0.3) is 0 Å². The molecule has 0 amide bonds. The predicted molar refractivity (Wildman–Crippen MR) is 28.8 cm³/mol. The minimum absolute atomic E-state index is 0.156. The number of nitrogens with two attached hydrogens (primary N) is 1. The summed E-state index contributed by atoms with van der Waals surface area (Å²) in [5, 5.41) is 33.5. The molecule has 0 saturated carbocycles. The van der Waals surface area contributed by atoms with E-state index in [4.69, 9.17) is 26.2 Å². The summed E-state index contributed by atoms with van der Waals surface area (Å²) in [6.07, 6.45) is -0.156. The molecule has 6 N–H and O–H groups in total. The van der Waals surface area contributed by atoms with Gasteiger partial charge in [0.15, 0.2) is 5.72 Å². The zero-order valence-corrected chi connectivity index (χ0v) is 5.07. The maximum atomic E-state index is 8.69. The molecule has 0 aliphatic heterocycles. The largest absolute Gasteiger partial charge is 0.369 e. The van der Waals surface area contributed by atoms with E-state index in [0.29, 0.717) is 0 Å². The Labute approximate surface area is 52.4 Å². The Morgan fingerprint density at radius 2 is 1.56 bits per heavy atom. The first-order valence-electron chi connectivity index (χ1n) is 2.49. The number of rotatable bonds is 2. The summed E-state index contributed by atoms with van der Waals surface area (Å²) in [5.74, 6) is -3.22. The van der Waals surface area contributed by atoms with Gasteiger partial charge in [0.2, 0.25) is 0 Å². The van der Waals surface area contributed by atoms with Crippen molar-refractivity contribution >= 4 is 0 Å². The van der Waals surface area contributed by atoms with Crippen LogP contribution < -0.4 is 5.73 Å². The van der Waals surface area contributed by atoms with Crippen molar-refractivity contribution in [2.75, 3.05) is 0 Å². The summed E-state index contributed by atoms with van der Waals surface area (Å²) in [6.45, 7) is 1.40. The molecule has 9 heavy (non-hydrogen) atoms. The lowest BCUT2D eigenvalue weighted by atomic mass is 10.1. The Morgan fingerprint density at radius 1 is 1.22 bits per heavy atom. The minimum atomic E-state index is -3.22. The average molecular weight is 137 g/mol. The van der Waals surface area contributed by atoms with E-state index in [1.165, 1.54) is 6.92 Å². The first kappa shape index (κ1) is 8.80. The van der Waals surface area contributed by atoms with E-state index in [9.17, 15) is 0 Å². The van der Waals surface area contributed by atoms with Gasteiger partial charge in [-0.3, -0.25) is 5.73 Å². The van der Waals surface area contributed by atoms with E-state index in [1.807, 2.05) is 0 Å². The van der Waals surface area contributed by atoms with E-state index in [0.717, 1.165) is 0 Å². The molecule has 0 radical (unpaired) electrons. The van der Waals surface area contributed by atoms with Crippen molar-refractivity contribution in [1.82, 2.24) is 0 Å². The molecule has 0 fully saturated rings. The van der Waals surface area contributed by atoms with Crippen molar-refractivity contribution in [1.29, 1.82) is 0 Å². The maximum Gasteiger partial charge on any atom is 0.320 e. The molecule has 1 unspecified atom stereocenters. The first-order chi connectivity index (χ1) is 3.81. The highest BCUT2D eigenvalue weighted by molar-refractivity contribution is 4.75. The van der Waals surface area contributed by atoms with Crippen LogP contribution in [-0.2, 0) is 0 Å². The Morgan fingerprint density at radius 3 is 1.56 bits per heavy atom. The third-order valence-corrected chi connectivity index (χ3v) is 1.12. The van der Waals surface area contributed by atoms with Gasteiger partial charge >= 0.3 is 5.97 Å². The van der Waals surface area contributed by atoms with Crippen molar-refractivity contribution in [2.45, 2.75) is 25.0 Å². The topological polar surface area (TPSA) is 107 Å². The lowest BCUT2D eigenvalue weighted by molar-refractivity contribution is -0.390. The Kier molecular flexibility index (Phi) is 2.15. The van der Waals surface area contributed by atoms with Crippen molar-refractivity contribution < 1.29 is 20.4 Å². The molecule has 0 aliphatic rings. The smallest absolute Gasteiger partial charge is 0.320 e. The highest BCUT2D eigenvalue weighted by Crippen LogP contribution is 2.13. The Hall–Kier alpha value is -0.200. The fourth-order valence-corrected chi connectivity index (χ4v) is 0.237. The van der Waals surface area contributed by atoms with Gasteiger partial charge in [-0.15, -0.1) is 0 Å². The van der Waals surface area contributed by atoms with Crippen LogP contribution in [0.3, 0.4) is 0 Å². The van der Waals surface area contributed by atoms with Crippen LogP contribution >= 0.6 is 0 Å². The highest BCUT2D eigenvalue weighted by atomic mass is 16.7. The van der Waals surface area contributed by atoms with Crippen LogP contribution in [0, 0.1) is 0 Å². The molecule has 5 nitrogen and oxygen atoms in total. The van der Waals surface area contributed by atoms with Gasteiger partial charge in [-0.25, -0.2) is 0 Å².